The van der Waals surface area contributed by atoms with E-state index in [2.05, 4.69) is 9.71 Å². The van der Waals surface area contributed by atoms with E-state index in [1.165, 1.54) is 12.1 Å². The first-order chi connectivity index (χ1) is 9.90. The average molecular weight is 313 g/mol. The van der Waals surface area contributed by atoms with Crippen LogP contribution in [0.15, 0.2) is 22.6 Å². The molecule has 2 aromatic rings. The van der Waals surface area contributed by atoms with Crippen molar-refractivity contribution in [3.63, 3.8) is 0 Å². The SMILES string of the molecule is CS(=O)(=O)NC1CCCN(c2nc3ccc(F)cc3o2)C1. The molecular formula is C13H16FN3O3S. The fraction of sp³-hybridized carbons (Fsp3) is 0.462. The Morgan fingerprint density at radius 2 is 2.29 bits per heavy atom. The number of hydrogen-bond donors (Lipinski definition) is 1. The molecule has 1 fully saturated rings. The fourth-order valence-electron chi connectivity index (χ4n) is 2.57. The first-order valence-electron chi connectivity index (χ1n) is 6.69. The Morgan fingerprint density at radius 3 is 3.05 bits per heavy atom. The van der Waals surface area contributed by atoms with E-state index in [4.69, 9.17) is 4.42 Å². The molecule has 0 spiro atoms. The van der Waals surface area contributed by atoms with Gasteiger partial charge in [-0.25, -0.2) is 17.5 Å². The molecule has 21 heavy (non-hydrogen) atoms. The third-order valence-electron chi connectivity index (χ3n) is 3.41. The zero-order valence-electron chi connectivity index (χ0n) is 11.5. The summed E-state index contributed by atoms with van der Waals surface area (Å²) in [4.78, 5) is 6.20. The molecule has 1 aliphatic rings. The van der Waals surface area contributed by atoms with Crippen LogP contribution in [0.2, 0.25) is 0 Å². The van der Waals surface area contributed by atoms with E-state index in [-0.39, 0.29) is 11.9 Å². The highest BCUT2D eigenvalue weighted by Crippen LogP contribution is 2.25. The Hall–Kier alpha value is -1.67. The highest BCUT2D eigenvalue weighted by molar-refractivity contribution is 7.88. The molecule has 6 nitrogen and oxygen atoms in total. The Morgan fingerprint density at radius 1 is 1.48 bits per heavy atom. The summed E-state index contributed by atoms with van der Waals surface area (Å²) in [7, 11) is -3.24. The van der Waals surface area contributed by atoms with Gasteiger partial charge in [-0.05, 0) is 25.0 Å². The molecule has 0 amide bonds. The van der Waals surface area contributed by atoms with Crippen LogP contribution in [0.4, 0.5) is 10.4 Å². The molecule has 0 bridgehead atoms. The first kappa shape index (κ1) is 14.3. The zero-order valence-corrected chi connectivity index (χ0v) is 12.4. The van der Waals surface area contributed by atoms with Crippen molar-refractivity contribution in [2.24, 2.45) is 0 Å². The van der Waals surface area contributed by atoms with Crippen LogP contribution in [0.1, 0.15) is 12.8 Å². The predicted molar refractivity (Wildman–Crippen MR) is 77.2 cm³/mol. The monoisotopic (exact) mass is 313 g/mol. The largest absolute Gasteiger partial charge is 0.423 e. The van der Waals surface area contributed by atoms with Gasteiger partial charge in [0.1, 0.15) is 11.3 Å². The van der Waals surface area contributed by atoms with Crippen molar-refractivity contribution in [3.8, 4) is 0 Å². The summed E-state index contributed by atoms with van der Waals surface area (Å²) in [5.41, 5.74) is 0.979. The third-order valence-corrected chi connectivity index (χ3v) is 4.17. The summed E-state index contributed by atoms with van der Waals surface area (Å²) in [6, 6.07) is 4.42. The second kappa shape index (κ2) is 5.27. The van der Waals surface area contributed by atoms with Gasteiger partial charge >= 0.3 is 0 Å². The lowest BCUT2D eigenvalue weighted by molar-refractivity contribution is 0.441. The van der Waals surface area contributed by atoms with Crippen LogP contribution in [0.5, 0.6) is 0 Å². The highest BCUT2D eigenvalue weighted by Gasteiger charge is 2.25. The number of oxazole rings is 1. The van der Waals surface area contributed by atoms with Crippen LogP contribution < -0.4 is 9.62 Å². The van der Waals surface area contributed by atoms with Crippen LogP contribution >= 0.6 is 0 Å². The lowest BCUT2D eigenvalue weighted by Crippen LogP contribution is -2.47. The van der Waals surface area contributed by atoms with E-state index >= 15 is 0 Å². The second-order valence-electron chi connectivity index (χ2n) is 5.28. The number of piperidine rings is 1. The van der Waals surface area contributed by atoms with Gasteiger partial charge in [0, 0.05) is 25.2 Å². The normalized spacial score (nSPS) is 20.1. The first-order valence-corrected chi connectivity index (χ1v) is 8.58. The zero-order chi connectivity index (χ0) is 15.0. The van der Waals surface area contributed by atoms with Gasteiger partial charge in [0.05, 0.1) is 6.26 Å². The molecule has 1 aromatic carbocycles. The van der Waals surface area contributed by atoms with E-state index < -0.39 is 10.0 Å². The third kappa shape index (κ3) is 3.33. The minimum atomic E-state index is -3.24. The van der Waals surface area contributed by atoms with Gasteiger partial charge in [-0.2, -0.15) is 4.98 Å². The number of nitrogens with zero attached hydrogens (tertiary/aromatic N) is 2. The summed E-state index contributed by atoms with van der Waals surface area (Å²) in [5.74, 6) is -0.375. The van der Waals surface area contributed by atoms with Crippen molar-refractivity contribution < 1.29 is 17.2 Å². The van der Waals surface area contributed by atoms with Crippen molar-refractivity contribution >= 4 is 27.1 Å². The molecule has 1 N–H and O–H groups in total. The number of benzene rings is 1. The minimum Gasteiger partial charge on any atom is -0.423 e. The lowest BCUT2D eigenvalue weighted by atomic mass is 10.1. The number of hydrogen-bond acceptors (Lipinski definition) is 5. The summed E-state index contributed by atoms with van der Waals surface area (Å²) in [6.07, 6.45) is 2.76. The number of rotatable bonds is 3. The van der Waals surface area contributed by atoms with Crippen molar-refractivity contribution in [1.82, 2.24) is 9.71 Å². The maximum Gasteiger partial charge on any atom is 0.298 e. The van der Waals surface area contributed by atoms with Crippen molar-refractivity contribution in [2.45, 2.75) is 18.9 Å². The molecule has 0 radical (unpaired) electrons. The molecule has 1 atom stereocenters. The Balaban J connectivity index is 1.81. The van der Waals surface area contributed by atoms with Crippen molar-refractivity contribution in [2.75, 3.05) is 24.2 Å². The van der Waals surface area contributed by atoms with E-state index in [1.807, 2.05) is 4.90 Å². The number of anilines is 1. The fourth-order valence-corrected chi connectivity index (χ4v) is 3.37. The van der Waals surface area contributed by atoms with E-state index in [9.17, 15) is 12.8 Å². The molecule has 1 saturated heterocycles. The molecule has 2 heterocycles. The van der Waals surface area contributed by atoms with Crippen molar-refractivity contribution in [1.29, 1.82) is 0 Å². The average Bonchev–Trinajstić information content (AvgIpc) is 2.80. The molecule has 114 valence electrons. The summed E-state index contributed by atoms with van der Waals surface area (Å²) >= 11 is 0. The standard InChI is InChI=1S/C13H16FN3O3S/c1-21(18,19)16-10-3-2-6-17(8-10)13-15-11-5-4-9(14)7-12(11)20-13/h4-5,7,10,16H,2-3,6,8H2,1H3. The molecule has 3 rings (SSSR count). The molecule has 1 unspecified atom stereocenters. The van der Waals surface area contributed by atoms with Gasteiger partial charge in [0.15, 0.2) is 5.58 Å². The number of halogens is 1. The van der Waals surface area contributed by atoms with Gasteiger partial charge < -0.3 is 9.32 Å². The van der Waals surface area contributed by atoms with E-state index in [0.29, 0.717) is 23.7 Å². The maximum absolute atomic E-state index is 13.2. The summed E-state index contributed by atoms with van der Waals surface area (Å²) in [6.45, 7) is 1.22. The van der Waals surface area contributed by atoms with Gasteiger partial charge in [0.25, 0.3) is 6.01 Å². The molecule has 1 aliphatic heterocycles. The molecule has 0 saturated carbocycles. The van der Waals surface area contributed by atoms with Crippen molar-refractivity contribution in [3.05, 3.63) is 24.0 Å². The van der Waals surface area contributed by atoms with E-state index in [1.54, 1.807) is 6.07 Å². The topological polar surface area (TPSA) is 75.4 Å². The molecule has 8 heteroatoms. The van der Waals surface area contributed by atoms with Crippen LogP contribution in [0.3, 0.4) is 0 Å². The molecule has 1 aromatic heterocycles. The van der Waals surface area contributed by atoms with Gasteiger partial charge in [-0.1, -0.05) is 0 Å². The molecule has 0 aliphatic carbocycles. The molecular weight excluding hydrogens is 297 g/mol. The lowest BCUT2D eigenvalue weighted by Gasteiger charge is -2.31. The number of aromatic nitrogens is 1. The summed E-state index contributed by atoms with van der Waals surface area (Å²) in [5, 5.41) is 0. The van der Waals surface area contributed by atoms with Crippen LogP contribution in [-0.2, 0) is 10.0 Å². The van der Waals surface area contributed by atoms with Gasteiger partial charge in [-0.15, -0.1) is 0 Å². The smallest absolute Gasteiger partial charge is 0.298 e. The van der Waals surface area contributed by atoms with Crippen LogP contribution in [0, 0.1) is 5.82 Å². The number of nitrogens with one attached hydrogen (secondary N) is 1. The quantitative estimate of drug-likeness (QED) is 0.929. The Labute approximate surface area is 122 Å². The maximum atomic E-state index is 13.2. The van der Waals surface area contributed by atoms with E-state index in [0.717, 1.165) is 25.6 Å². The van der Waals surface area contributed by atoms with Gasteiger partial charge in [0.2, 0.25) is 10.0 Å². The Kier molecular flexibility index (Phi) is 3.58. The minimum absolute atomic E-state index is 0.166. The van der Waals surface area contributed by atoms with Crippen LogP contribution in [-0.4, -0.2) is 38.8 Å². The van der Waals surface area contributed by atoms with Gasteiger partial charge in [-0.3, -0.25) is 0 Å². The van der Waals surface area contributed by atoms with Crippen LogP contribution in [0.25, 0.3) is 11.1 Å². The Bertz CT molecular complexity index is 759. The predicted octanol–water partition coefficient (Wildman–Crippen LogP) is 1.48. The summed E-state index contributed by atoms with van der Waals surface area (Å²) < 4.78 is 43.9. The number of fused-ring (bicyclic) bond motifs is 1. The second-order valence-corrected chi connectivity index (χ2v) is 7.06. The number of sulfonamides is 1. The highest BCUT2D eigenvalue weighted by atomic mass is 32.2.